The summed E-state index contributed by atoms with van der Waals surface area (Å²) in [4.78, 5) is 18.4. The van der Waals surface area contributed by atoms with Gasteiger partial charge in [-0.3, -0.25) is 14.6 Å². The van der Waals surface area contributed by atoms with Crippen LogP contribution in [0.15, 0.2) is 47.3 Å². The fourth-order valence-corrected chi connectivity index (χ4v) is 3.97. The van der Waals surface area contributed by atoms with E-state index in [1.807, 2.05) is 19.3 Å². The highest BCUT2D eigenvalue weighted by Crippen LogP contribution is 2.32. The summed E-state index contributed by atoms with van der Waals surface area (Å²) in [7, 11) is 1.85. The van der Waals surface area contributed by atoms with Crippen LogP contribution in [-0.4, -0.2) is 32.5 Å². The summed E-state index contributed by atoms with van der Waals surface area (Å²) in [6.45, 7) is 1.16. The minimum absolute atomic E-state index is 0.290. The maximum atomic E-state index is 14.0. The predicted octanol–water partition coefficient (Wildman–Crippen LogP) is 3.68. The van der Waals surface area contributed by atoms with Gasteiger partial charge in [0.05, 0.1) is 12.2 Å². The first-order valence-corrected chi connectivity index (χ1v) is 9.45. The van der Waals surface area contributed by atoms with Crippen LogP contribution in [0.1, 0.15) is 22.9 Å². The molecule has 0 N–H and O–H groups in total. The molecule has 5 nitrogen and oxygen atoms in total. The minimum Gasteiger partial charge on any atom is -0.301 e. The molecular formula is C20H18BrFN4O. The molecule has 0 amide bonds. The monoisotopic (exact) mass is 428 g/mol. The van der Waals surface area contributed by atoms with Crippen LogP contribution in [0.4, 0.5) is 4.39 Å². The minimum atomic E-state index is -0.399. The molecule has 27 heavy (non-hydrogen) atoms. The number of hydrogen-bond donors (Lipinski definition) is 0. The van der Waals surface area contributed by atoms with E-state index in [9.17, 15) is 9.18 Å². The largest absolute Gasteiger partial charge is 0.301 e. The van der Waals surface area contributed by atoms with Crippen LogP contribution < -0.4 is 0 Å². The van der Waals surface area contributed by atoms with Crippen LogP contribution >= 0.6 is 15.9 Å². The molecule has 1 atom stereocenters. The second kappa shape index (κ2) is 7.32. The number of halogens is 2. The summed E-state index contributed by atoms with van der Waals surface area (Å²) < 4.78 is 16.5. The van der Waals surface area contributed by atoms with E-state index in [0.29, 0.717) is 13.1 Å². The summed E-state index contributed by atoms with van der Waals surface area (Å²) in [6.07, 6.45) is 7.12. The number of aryl methyl sites for hydroxylation is 1. The molecule has 0 saturated carbocycles. The van der Waals surface area contributed by atoms with Crippen molar-refractivity contribution in [3.63, 3.8) is 0 Å². The van der Waals surface area contributed by atoms with Crippen molar-refractivity contribution < 1.29 is 9.18 Å². The molecule has 1 aromatic carbocycles. The number of hydrogen-bond acceptors (Lipinski definition) is 4. The average Bonchev–Trinajstić information content (AvgIpc) is 3.07. The lowest BCUT2D eigenvalue weighted by Gasteiger charge is -2.34. The number of aromatic nitrogens is 3. The summed E-state index contributed by atoms with van der Waals surface area (Å²) in [5, 5.41) is 4.21. The fraction of sp³-hybridized carbons (Fsp3) is 0.250. The van der Waals surface area contributed by atoms with Gasteiger partial charge in [-0.1, -0.05) is 6.07 Å². The molecule has 1 aliphatic heterocycles. The third kappa shape index (κ3) is 3.57. The van der Waals surface area contributed by atoms with E-state index in [4.69, 9.17) is 0 Å². The van der Waals surface area contributed by atoms with Gasteiger partial charge < -0.3 is 4.79 Å². The molecular weight excluding hydrogens is 411 g/mol. The maximum Gasteiger partial charge on any atom is 0.141 e. The van der Waals surface area contributed by atoms with Gasteiger partial charge in [0.15, 0.2) is 0 Å². The molecule has 0 aliphatic carbocycles. The molecule has 138 valence electrons. The van der Waals surface area contributed by atoms with Crippen molar-refractivity contribution in [2.24, 2.45) is 7.05 Å². The third-order valence-corrected chi connectivity index (χ3v) is 5.34. The highest BCUT2D eigenvalue weighted by atomic mass is 79.9. The van der Waals surface area contributed by atoms with Crippen molar-refractivity contribution in [2.75, 3.05) is 6.54 Å². The molecule has 0 radical (unpaired) electrons. The van der Waals surface area contributed by atoms with E-state index in [-0.39, 0.29) is 5.82 Å². The second-order valence-corrected chi connectivity index (χ2v) is 7.61. The van der Waals surface area contributed by atoms with Crippen molar-refractivity contribution in [1.29, 1.82) is 0 Å². The quantitative estimate of drug-likeness (QED) is 0.594. The van der Waals surface area contributed by atoms with E-state index in [1.54, 1.807) is 29.2 Å². The molecule has 2 aromatic heterocycles. The van der Waals surface area contributed by atoms with E-state index in [2.05, 4.69) is 30.9 Å². The van der Waals surface area contributed by atoms with Gasteiger partial charge >= 0.3 is 0 Å². The first-order chi connectivity index (χ1) is 13.0. The van der Waals surface area contributed by atoms with Crippen LogP contribution in [0.2, 0.25) is 0 Å². The number of nitrogens with zero attached hydrogens (tertiary/aromatic N) is 4. The lowest BCUT2D eigenvalue weighted by molar-refractivity contribution is -0.113. The van der Waals surface area contributed by atoms with Gasteiger partial charge in [-0.25, -0.2) is 4.39 Å². The Bertz CT molecular complexity index is 1000. The van der Waals surface area contributed by atoms with Crippen molar-refractivity contribution in [1.82, 2.24) is 19.7 Å². The van der Waals surface area contributed by atoms with E-state index in [1.165, 1.54) is 6.07 Å². The Morgan fingerprint density at radius 1 is 1.33 bits per heavy atom. The molecule has 3 heterocycles. The van der Waals surface area contributed by atoms with Gasteiger partial charge in [0.25, 0.3) is 0 Å². The zero-order valence-electron chi connectivity index (χ0n) is 14.8. The lowest BCUT2D eigenvalue weighted by Crippen LogP contribution is -2.36. The Kier molecular flexibility index (Phi) is 4.88. The molecule has 0 bridgehead atoms. The Morgan fingerprint density at radius 2 is 2.19 bits per heavy atom. The molecule has 1 unspecified atom stereocenters. The Hall–Kier alpha value is -2.38. The average molecular weight is 429 g/mol. The number of pyridine rings is 1. The van der Waals surface area contributed by atoms with Gasteiger partial charge in [-0.05, 0) is 50.8 Å². The number of carbonyl (C=O) groups excluding carboxylic acids is 1. The molecule has 4 rings (SSSR count). The predicted molar refractivity (Wildman–Crippen MR) is 103 cm³/mol. The molecule has 1 aliphatic rings. The Morgan fingerprint density at radius 3 is 2.93 bits per heavy atom. The normalized spacial score (nSPS) is 16.9. The van der Waals surface area contributed by atoms with Crippen LogP contribution in [0.5, 0.6) is 0 Å². The summed E-state index contributed by atoms with van der Waals surface area (Å²) in [6, 6.07) is 6.31. The van der Waals surface area contributed by atoms with Crippen LogP contribution in [-0.2, 0) is 24.8 Å². The van der Waals surface area contributed by atoms with Crippen molar-refractivity contribution in [3.8, 4) is 11.1 Å². The van der Waals surface area contributed by atoms with Crippen molar-refractivity contribution >= 4 is 22.2 Å². The Labute approximate surface area is 165 Å². The fourth-order valence-electron chi connectivity index (χ4n) is 3.62. The van der Waals surface area contributed by atoms with Gasteiger partial charge in [0, 0.05) is 54.7 Å². The van der Waals surface area contributed by atoms with Crippen molar-refractivity contribution in [3.05, 3.63) is 70.0 Å². The van der Waals surface area contributed by atoms with E-state index < -0.39 is 6.04 Å². The van der Waals surface area contributed by atoms with Crippen LogP contribution in [0.3, 0.4) is 0 Å². The van der Waals surface area contributed by atoms with Gasteiger partial charge in [0.2, 0.25) is 0 Å². The Balaban J connectivity index is 1.70. The first kappa shape index (κ1) is 18.0. The second-order valence-electron chi connectivity index (χ2n) is 6.70. The third-order valence-electron chi connectivity index (χ3n) is 4.90. The smallest absolute Gasteiger partial charge is 0.141 e. The number of aldehydes is 1. The number of carbonyl (C=O) groups is 1. The van der Waals surface area contributed by atoms with Gasteiger partial charge in [-0.15, -0.1) is 0 Å². The van der Waals surface area contributed by atoms with Crippen LogP contribution in [0, 0.1) is 5.82 Å². The molecule has 0 fully saturated rings. The number of fused-ring (bicyclic) bond motifs is 1. The standard InChI is InChI=1S/C20H18BrFN4O/c1-25-10-14(8-24-25)17-3-2-16(22)6-13(17)11-26-5-4-19-18(20(26)12-27)7-15(21)9-23-19/h2-3,6-10,12,20H,4-5,11H2,1H3. The zero-order chi connectivity index (χ0) is 19.0. The molecule has 0 saturated heterocycles. The SMILES string of the molecule is Cn1cc(-c2ccc(F)cc2CN2CCc3ncc(Br)cc3C2C=O)cn1. The molecule has 3 aromatic rings. The maximum absolute atomic E-state index is 14.0. The summed E-state index contributed by atoms with van der Waals surface area (Å²) in [5.41, 5.74) is 4.54. The van der Waals surface area contributed by atoms with Gasteiger partial charge in [0.1, 0.15) is 12.1 Å². The topological polar surface area (TPSA) is 51.0 Å². The van der Waals surface area contributed by atoms with Gasteiger partial charge in [-0.2, -0.15) is 5.10 Å². The lowest BCUT2D eigenvalue weighted by atomic mass is 9.95. The molecule has 7 heteroatoms. The molecule has 0 spiro atoms. The number of rotatable bonds is 4. The first-order valence-electron chi connectivity index (χ1n) is 8.66. The van der Waals surface area contributed by atoms with E-state index in [0.717, 1.165) is 45.1 Å². The zero-order valence-corrected chi connectivity index (χ0v) is 16.4. The van der Waals surface area contributed by atoms with Crippen LogP contribution in [0.25, 0.3) is 11.1 Å². The highest BCUT2D eigenvalue weighted by Gasteiger charge is 2.29. The highest BCUT2D eigenvalue weighted by molar-refractivity contribution is 9.10. The summed E-state index contributed by atoms with van der Waals surface area (Å²) >= 11 is 3.43. The van der Waals surface area contributed by atoms with Crippen molar-refractivity contribution in [2.45, 2.75) is 19.0 Å². The number of benzene rings is 1. The summed E-state index contributed by atoms with van der Waals surface area (Å²) in [5.74, 6) is -0.290. The van der Waals surface area contributed by atoms with E-state index >= 15 is 0 Å².